The number of benzene rings is 1. The molecule has 3 aromatic rings. The smallest absolute Gasteiger partial charge is 0.292 e. The van der Waals surface area contributed by atoms with Crippen molar-refractivity contribution in [2.75, 3.05) is 5.32 Å². The molecule has 0 saturated heterocycles. The Balaban J connectivity index is 1.75. The van der Waals surface area contributed by atoms with Gasteiger partial charge in [0.2, 0.25) is 5.82 Å². The molecule has 1 aromatic carbocycles. The molecule has 0 bridgehead atoms. The highest BCUT2D eigenvalue weighted by Crippen LogP contribution is 2.20. The molecule has 2 heterocycles. The topological polar surface area (TPSA) is 96.7 Å². The van der Waals surface area contributed by atoms with Crippen LogP contribution in [0.2, 0.25) is 0 Å². The molecule has 1 amide bonds. The monoisotopic (exact) mass is 269 g/mol. The maximum absolute atomic E-state index is 11.8. The maximum Gasteiger partial charge on any atom is 0.292 e. The van der Waals surface area contributed by atoms with Crippen molar-refractivity contribution in [1.82, 2.24) is 20.2 Å². The van der Waals surface area contributed by atoms with Crippen LogP contribution in [0.5, 0.6) is 0 Å². The van der Waals surface area contributed by atoms with Gasteiger partial charge in [-0.25, -0.2) is 9.97 Å². The average molecular weight is 269 g/mol. The Bertz CT molecular complexity index is 716. The van der Waals surface area contributed by atoms with Gasteiger partial charge in [-0.2, -0.15) is 5.10 Å². The molecule has 0 radical (unpaired) electrons. The molecule has 100 valence electrons. The lowest BCUT2D eigenvalue weighted by Gasteiger charge is -2.03. The normalized spacial score (nSPS) is 10.4. The third-order valence-corrected chi connectivity index (χ3v) is 2.69. The number of aryl methyl sites for hydroxylation is 1. The van der Waals surface area contributed by atoms with E-state index in [-0.39, 0.29) is 11.7 Å². The van der Waals surface area contributed by atoms with Crippen molar-refractivity contribution < 1.29 is 9.21 Å². The lowest BCUT2D eigenvalue weighted by atomic mass is 10.1. The highest BCUT2D eigenvalue weighted by Gasteiger charge is 2.09. The molecule has 20 heavy (non-hydrogen) atoms. The largest absolute Gasteiger partial charge is 0.449 e. The molecular formula is C13H11N5O2. The number of carbonyl (C=O) groups excluding carboxylic acids is 1. The zero-order valence-corrected chi connectivity index (χ0v) is 10.6. The van der Waals surface area contributed by atoms with Crippen molar-refractivity contribution in [1.29, 1.82) is 0 Å². The first-order chi connectivity index (χ1) is 9.72. The number of oxazole rings is 1. The minimum Gasteiger partial charge on any atom is -0.449 e. The molecule has 0 spiro atoms. The van der Waals surface area contributed by atoms with Crippen molar-refractivity contribution >= 4 is 11.6 Å². The first-order valence-electron chi connectivity index (χ1n) is 5.91. The van der Waals surface area contributed by atoms with Gasteiger partial charge >= 0.3 is 0 Å². The summed E-state index contributed by atoms with van der Waals surface area (Å²) in [5.74, 6) is 0.441. The van der Waals surface area contributed by atoms with Gasteiger partial charge in [-0.05, 0) is 12.1 Å². The number of hydrogen-bond donors (Lipinski definition) is 2. The second-order valence-corrected chi connectivity index (χ2v) is 4.12. The van der Waals surface area contributed by atoms with Gasteiger partial charge < -0.3 is 9.73 Å². The van der Waals surface area contributed by atoms with Crippen LogP contribution < -0.4 is 5.32 Å². The summed E-state index contributed by atoms with van der Waals surface area (Å²) in [6, 6.07) is 7.28. The predicted octanol–water partition coefficient (Wildman–Crippen LogP) is 2.02. The minimum absolute atomic E-state index is 0.168. The molecule has 0 aliphatic heterocycles. The Morgan fingerprint density at radius 3 is 2.70 bits per heavy atom. The van der Waals surface area contributed by atoms with Gasteiger partial charge in [0, 0.05) is 18.2 Å². The first kappa shape index (κ1) is 12.1. The van der Waals surface area contributed by atoms with Gasteiger partial charge in [0.05, 0.1) is 0 Å². The van der Waals surface area contributed by atoms with E-state index in [0.29, 0.717) is 11.6 Å². The molecule has 0 aliphatic rings. The summed E-state index contributed by atoms with van der Waals surface area (Å²) in [6.07, 6.45) is 2.88. The maximum atomic E-state index is 11.8. The molecule has 0 saturated carbocycles. The van der Waals surface area contributed by atoms with Gasteiger partial charge in [-0.15, -0.1) is 0 Å². The molecule has 0 aliphatic carbocycles. The highest BCUT2D eigenvalue weighted by atomic mass is 16.3. The summed E-state index contributed by atoms with van der Waals surface area (Å²) in [4.78, 5) is 19.8. The third-order valence-electron chi connectivity index (χ3n) is 2.69. The van der Waals surface area contributed by atoms with E-state index in [2.05, 4.69) is 25.5 Å². The van der Waals surface area contributed by atoms with E-state index in [9.17, 15) is 4.79 Å². The van der Waals surface area contributed by atoms with Gasteiger partial charge in [0.1, 0.15) is 18.3 Å². The van der Waals surface area contributed by atoms with E-state index in [1.54, 1.807) is 25.3 Å². The molecule has 0 unspecified atom stereocenters. The van der Waals surface area contributed by atoms with Crippen molar-refractivity contribution in [2.45, 2.75) is 6.92 Å². The van der Waals surface area contributed by atoms with Gasteiger partial charge in [0.25, 0.3) is 5.91 Å². The summed E-state index contributed by atoms with van der Waals surface area (Å²) in [6.45, 7) is 1.79. The van der Waals surface area contributed by atoms with Crippen molar-refractivity contribution in [3.05, 3.63) is 48.6 Å². The summed E-state index contributed by atoms with van der Waals surface area (Å²) < 4.78 is 5.16. The Morgan fingerprint density at radius 2 is 2.10 bits per heavy atom. The average Bonchev–Trinajstić information content (AvgIpc) is 3.10. The van der Waals surface area contributed by atoms with Gasteiger partial charge in [-0.1, -0.05) is 12.1 Å². The summed E-state index contributed by atoms with van der Waals surface area (Å²) in [7, 11) is 0. The van der Waals surface area contributed by atoms with Crippen LogP contribution in [0.25, 0.3) is 11.3 Å². The second kappa shape index (κ2) is 4.96. The molecule has 0 atom stereocenters. The van der Waals surface area contributed by atoms with E-state index in [1.165, 1.54) is 6.33 Å². The van der Waals surface area contributed by atoms with Crippen LogP contribution in [0, 0.1) is 6.92 Å². The van der Waals surface area contributed by atoms with E-state index in [4.69, 9.17) is 4.42 Å². The lowest BCUT2D eigenvalue weighted by Crippen LogP contribution is -2.13. The zero-order chi connectivity index (χ0) is 13.9. The quantitative estimate of drug-likeness (QED) is 0.758. The SMILES string of the molecule is Cc1nc(-c2ccc(NC(=O)c3ncn[nH]3)cc2)co1. The highest BCUT2D eigenvalue weighted by molar-refractivity contribution is 6.01. The molecule has 3 rings (SSSR count). The third kappa shape index (κ3) is 2.41. The number of hydrogen-bond acceptors (Lipinski definition) is 5. The number of H-pyrrole nitrogens is 1. The van der Waals surface area contributed by atoms with E-state index < -0.39 is 0 Å². The van der Waals surface area contributed by atoms with Gasteiger partial charge in [-0.3, -0.25) is 9.89 Å². The fourth-order valence-corrected chi connectivity index (χ4v) is 1.73. The number of amides is 1. The molecular weight excluding hydrogens is 258 g/mol. The summed E-state index contributed by atoms with van der Waals surface area (Å²) in [5, 5.41) is 8.84. The molecule has 2 aromatic heterocycles. The number of carbonyl (C=O) groups is 1. The molecule has 7 heteroatoms. The summed E-state index contributed by atoms with van der Waals surface area (Å²) in [5.41, 5.74) is 2.34. The number of anilines is 1. The second-order valence-electron chi connectivity index (χ2n) is 4.12. The Hall–Kier alpha value is -2.96. The Morgan fingerprint density at radius 1 is 1.30 bits per heavy atom. The molecule has 2 N–H and O–H groups in total. The van der Waals surface area contributed by atoms with Crippen LogP contribution in [0.4, 0.5) is 5.69 Å². The standard InChI is InChI=1S/C13H11N5O2/c1-8-16-11(6-20-8)9-2-4-10(5-3-9)17-13(19)12-14-7-15-18-12/h2-7H,1H3,(H,17,19)(H,14,15,18). The van der Waals surface area contributed by atoms with Crippen LogP contribution in [0.3, 0.4) is 0 Å². The fraction of sp³-hybridized carbons (Fsp3) is 0.0769. The van der Waals surface area contributed by atoms with Crippen molar-refractivity contribution in [2.24, 2.45) is 0 Å². The number of nitrogens with zero attached hydrogens (tertiary/aromatic N) is 3. The van der Waals surface area contributed by atoms with Crippen LogP contribution in [0.1, 0.15) is 16.5 Å². The fourth-order valence-electron chi connectivity index (χ4n) is 1.73. The number of aromatic nitrogens is 4. The van der Waals surface area contributed by atoms with Crippen LogP contribution >= 0.6 is 0 Å². The predicted molar refractivity (Wildman–Crippen MR) is 71.0 cm³/mol. The Kier molecular flexibility index (Phi) is 3.00. The summed E-state index contributed by atoms with van der Waals surface area (Å²) >= 11 is 0. The minimum atomic E-state index is -0.340. The van der Waals surface area contributed by atoms with E-state index in [0.717, 1.165) is 11.3 Å². The van der Waals surface area contributed by atoms with Crippen LogP contribution in [-0.4, -0.2) is 26.1 Å². The number of rotatable bonds is 3. The Labute approximate surface area is 114 Å². The lowest BCUT2D eigenvalue weighted by molar-refractivity contribution is 0.101. The first-order valence-corrected chi connectivity index (χ1v) is 5.91. The van der Waals surface area contributed by atoms with Crippen molar-refractivity contribution in [3.8, 4) is 11.3 Å². The number of aromatic amines is 1. The number of nitrogens with one attached hydrogen (secondary N) is 2. The van der Waals surface area contributed by atoms with E-state index >= 15 is 0 Å². The zero-order valence-electron chi connectivity index (χ0n) is 10.6. The van der Waals surface area contributed by atoms with Crippen molar-refractivity contribution in [3.63, 3.8) is 0 Å². The van der Waals surface area contributed by atoms with Gasteiger partial charge in [0.15, 0.2) is 5.89 Å². The van der Waals surface area contributed by atoms with Crippen LogP contribution in [-0.2, 0) is 0 Å². The van der Waals surface area contributed by atoms with Crippen LogP contribution in [0.15, 0.2) is 41.3 Å². The molecule has 0 fully saturated rings. The molecule has 7 nitrogen and oxygen atoms in total. The van der Waals surface area contributed by atoms with E-state index in [1.807, 2.05) is 12.1 Å².